The third kappa shape index (κ3) is 4.42. The predicted molar refractivity (Wildman–Crippen MR) is 85.5 cm³/mol. The molecule has 0 bridgehead atoms. The Morgan fingerprint density at radius 3 is 3.05 bits per heavy atom. The van der Waals surface area contributed by atoms with Crippen LogP contribution in [0.25, 0.3) is 0 Å². The van der Waals surface area contributed by atoms with Crippen LogP contribution < -0.4 is 10.6 Å². The fraction of sp³-hybridized carbons (Fsp3) is 0.643. The van der Waals surface area contributed by atoms with Crippen molar-refractivity contribution in [1.29, 1.82) is 0 Å². The molecule has 1 fully saturated rings. The fourth-order valence-electron chi connectivity index (χ4n) is 2.28. The van der Waals surface area contributed by atoms with Crippen molar-refractivity contribution in [3.63, 3.8) is 0 Å². The first-order valence-corrected chi connectivity index (χ1v) is 8.14. The quantitative estimate of drug-likeness (QED) is 0.643. The number of rotatable bonds is 4. The molecular weight excluding hydrogens is 286 g/mol. The van der Waals surface area contributed by atoms with Gasteiger partial charge in [0.15, 0.2) is 5.96 Å². The van der Waals surface area contributed by atoms with E-state index in [4.69, 9.17) is 0 Å². The number of hydrogen-bond acceptors (Lipinski definition) is 4. The van der Waals surface area contributed by atoms with Crippen molar-refractivity contribution in [2.24, 2.45) is 4.99 Å². The van der Waals surface area contributed by atoms with Crippen LogP contribution in [-0.4, -0.2) is 48.4 Å². The molecule has 0 spiro atoms. The Kier molecular flexibility index (Phi) is 5.55. The molecule has 1 aliphatic heterocycles. The van der Waals surface area contributed by atoms with Crippen molar-refractivity contribution in [2.45, 2.75) is 38.8 Å². The third-order valence-electron chi connectivity index (χ3n) is 3.53. The molecule has 7 heteroatoms. The Morgan fingerprint density at radius 1 is 1.62 bits per heavy atom. The van der Waals surface area contributed by atoms with Crippen molar-refractivity contribution in [3.05, 3.63) is 16.1 Å². The lowest BCUT2D eigenvalue weighted by atomic mass is 10.1. The molecule has 21 heavy (non-hydrogen) atoms. The number of carbonyl (C=O) groups excluding carboxylic acids is 1. The van der Waals surface area contributed by atoms with Crippen LogP contribution in [-0.2, 0) is 17.8 Å². The van der Waals surface area contributed by atoms with Crippen LogP contribution in [0.15, 0.2) is 10.4 Å². The summed E-state index contributed by atoms with van der Waals surface area (Å²) < 4.78 is 0. The minimum Gasteiger partial charge on any atom is -0.352 e. The van der Waals surface area contributed by atoms with Gasteiger partial charge in [-0.15, -0.1) is 11.3 Å². The summed E-state index contributed by atoms with van der Waals surface area (Å²) in [6, 6.07) is 0.250. The minimum absolute atomic E-state index is 0.213. The largest absolute Gasteiger partial charge is 0.352 e. The Balaban J connectivity index is 1.82. The monoisotopic (exact) mass is 309 g/mol. The predicted octanol–water partition coefficient (Wildman–Crippen LogP) is 0.991. The van der Waals surface area contributed by atoms with Gasteiger partial charge < -0.3 is 15.5 Å². The molecule has 116 valence electrons. The van der Waals surface area contributed by atoms with Gasteiger partial charge in [-0.25, -0.2) is 4.98 Å². The molecule has 1 amide bonds. The van der Waals surface area contributed by atoms with E-state index in [-0.39, 0.29) is 11.9 Å². The zero-order valence-electron chi connectivity index (χ0n) is 12.8. The first-order valence-electron chi connectivity index (χ1n) is 7.26. The highest BCUT2D eigenvalue weighted by atomic mass is 32.1. The number of carbonyl (C=O) groups is 1. The molecule has 2 heterocycles. The van der Waals surface area contributed by atoms with E-state index in [1.165, 1.54) is 0 Å². The van der Waals surface area contributed by atoms with Gasteiger partial charge in [0.05, 0.1) is 17.2 Å². The third-order valence-corrected chi connectivity index (χ3v) is 4.57. The summed E-state index contributed by atoms with van der Waals surface area (Å²) >= 11 is 1.69. The standard InChI is InChI=1S/C14H23N5OS/c1-4-12-17-11(9-21-12)7-16-14(15-2)18-10-5-6-13(20)19(3)8-10/h9-10H,4-8H2,1-3H3,(H2,15,16,18). The number of thiazole rings is 1. The number of likely N-dealkylation sites (N-methyl/N-ethyl adjacent to an activating group) is 1. The van der Waals surface area contributed by atoms with Gasteiger partial charge in [-0.05, 0) is 12.8 Å². The minimum atomic E-state index is 0.213. The van der Waals surface area contributed by atoms with Gasteiger partial charge in [0.2, 0.25) is 5.91 Å². The number of hydrogen-bond donors (Lipinski definition) is 2. The summed E-state index contributed by atoms with van der Waals surface area (Å²) in [6.45, 7) is 3.49. The summed E-state index contributed by atoms with van der Waals surface area (Å²) in [5.41, 5.74) is 1.04. The second kappa shape index (κ2) is 7.40. The zero-order valence-corrected chi connectivity index (χ0v) is 13.7. The van der Waals surface area contributed by atoms with E-state index in [1.807, 2.05) is 7.05 Å². The van der Waals surface area contributed by atoms with Gasteiger partial charge in [-0.3, -0.25) is 9.79 Å². The van der Waals surface area contributed by atoms with Crippen LogP contribution in [0.5, 0.6) is 0 Å². The van der Waals surface area contributed by atoms with Crippen molar-refractivity contribution < 1.29 is 4.79 Å². The fourth-order valence-corrected chi connectivity index (χ4v) is 3.03. The van der Waals surface area contributed by atoms with E-state index in [2.05, 4.69) is 32.9 Å². The van der Waals surface area contributed by atoms with Crippen LogP contribution in [0.2, 0.25) is 0 Å². The SMILES string of the molecule is CCc1nc(CNC(=NC)NC2CCC(=O)N(C)C2)cs1. The molecular formula is C14H23N5OS. The number of likely N-dealkylation sites (tertiary alicyclic amines) is 1. The van der Waals surface area contributed by atoms with Gasteiger partial charge in [0.1, 0.15) is 0 Å². The molecule has 1 aromatic rings. The van der Waals surface area contributed by atoms with E-state index in [0.29, 0.717) is 13.0 Å². The van der Waals surface area contributed by atoms with Gasteiger partial charge in [0, 0.05) is 38.5 Å². The number of piperidine rings is 1. The first kappa shape index (κ1) is 15.8. The summed E-state index contributed by atoms with van der Waals surface area (Å²) in [5, 5.41) is 9.87. The van der Waals surface area contributed by atoms with Crippen molar-refractivity contribution in [3.8, 4) is 0 Å². The van der Waals surface area contributed by atoms with Gasteiger partial charge in [-0.2, -0.15) is 0 Å². The van der Waals surface area contributed by atoms with Gasteiger partial charge >= 0.3 is 0 Å². The topological polar surface area (TPSA) is 69.6 Å². The molecule has 0 aromatic carbocycles. The molecule has 0 aliphatic carbocycles. The maximum Gasteiger partial charge on any atom is 0.222 e. The summed E-state index contributed by atoms with van der Waals surface area (Å²) in [6.07, 6.45) is 2.41. The van der Waals surface area contributed by atoms with Crippen LogP contribution >= 0.6 is 11.3 Å². The van der Waals surface area contributed by atoms with Gasteiger partial charge in [0.25, 0.3) is 0 Å². The second-order valence-corrected chi connectivity index (χ2v) is 6.11. The van der Waals surface area contributed by atoms with Crippen LogP contribution in [0, 0.1) is 0 Å². The van der Waals surface area contributed by atoms with E-state index < -0.39 is 0 Å². The number of guanidine groups is 1. The molecule has 1 atom stereocenters. The lowest BCUT2D eigenvalue weighted by molar-refractivity contribution is -0.132. The maximum absolute atomic E-state index is 11.5. The van der Waals surface area contributed by atoms with Crippen LogP contribution in [0.4, 0.5) is 0 Å². The van der Waals surface area contributed by atoms with E-state index in [1.54, 1.807) is 23.3 Å². The number of aromatic nitrogens is 1. The summed E-state index contributed by atoms with van der Waals surface area (Å²) in [4.78, 5) is 22.0. The first-order chi connectivity index (χ1) is 10.1. The van der Waals surface area contributed by atoms with E-state index in [9.17, 15) is 4.79 Å². The van der Waals surface area contributed by atoms with Crippen LogP contribution in [0.3, 0.4) is 0 Å². The molecule has 0 radical (unpaired) electrons. The molecule has 1 unspecified atom stereocenters. The number of nitrogens with one attached hydrogen (secondary N) is 2. The average molecular weight is 309 g/mol. The molecule has 1 aromatic heterocycles. The molecule has 2 N–H and O–H groups in total. The molecule has 2 rings (SSSR count). The highest BCUT2D eigenvalue weighted by Crippen LogP contribution is 2.11. The Morgan fingerprint density at radius 2 is 2.43 bits per heavy atom. The highest BCUT2D eigenvalue weighted by Gasteiger charge is 2.23. The Hall–Kier alpha value is -1.63. The Labute approximate surface area is 129 Å². The molecule has 1 saturated heterocycles. The van der Waals surface area contributed by atoms with Gasteiger partial charge in [-0.1, -0.05) is 6.92 Å². The number of aryl methyl sites for hydroxylation is 1. The second-order valence-electron chi connectivity index (χ2n) is 5.17. The van der Waals surface area contributed by atoms with Crippen LogP contribution in [0.1, 0.15) is 30.5 Å². The smallest absolute Gasteiger partial charge is 0.222 e. The zero-order chi connectivity index (χ0) is 15.2. The summed E-state index contributed by atoms with van der Waals surface area (Å²) in [7, 11) is 3.60. The van der Waals surface area contributed by atoms with Crippen molar-refractivity contribution in [1.82, 2.24) is 20.5 Å². The highest BCUT2D eigenvalue weighted by molar-refractivity contribution is 7.09. The molecule has 1 aliphatic rings. The number of nitrogens with zero attached hydrogens (tertiary/aromatic N) is 3. The normalized spacial score (nSPS) is 19.8. The lowest BCUT2D eigenvalue weighted by Crippen LogP contribution is -2.51. The number of amides is 1. The summed E-state index contributed by atoms with van der Waals surface area (Å²) in [5.74, 6) is 0.972. The number of aliphatic imine (C=N–C) groups is 1. The average Bonchev–Trinajstić information content (AvgIpc) is 2.95. The molecule has 6 nitrogen and oxygen atoms in total. The Bertz CT molecular complexity index is 513. The van der Waals surface area contributed by atoms with E-state index >= 15 is 0 Å². The van der Waals surface area contributed by atoms with E-state index in [0.717, 1.165) is 36.0 Å². The molecule has 0 saturated carbocycles. The maximum atomic E-state index is 11.5. The lowest BCUT2D eigenvalue weighted by Gasteiger charge is -2.31. The van der Waals surface area contributed by atoms with Crippen molar-refractivity contribution in [2.75, 3.05) is 20.6 Å². The van der Waals surface area contributed by atoms with Crippen molar-refractivity contribution >= 4 is 23.2 Å².